The van der Waals surface area contributed by atoms with E-state index in [9.17, 15) is 4.79 Å². The SMILES string of the molecule is CCOc1ccc(NC(=O)C(C#N)=Cc2ccc(C)o2)cc1. The summed E-state index contributed by atoms with van der Waals surface area (Å²) in [6.45, 7) is 4.27. The Morgan fingerprint density at radius 1 is 1.32 bits per heavy atom. The first kappa shape index (κ1) is 15.4. The maximum Gasteiger partial charge on any atom is 0.266 e. The van der Waals surface area contributed by atoms with Crippen LogP contribution in [0, 0.1) is 18.3 Å². The highest BCUT2D eigenvalue weighted by molar-refractivity contribution is 6.09. The molecule has 1 aromatic heterocycles. The van der Waals surface area contributed by atoms with Crippen molar-refractivity contribution in [3.05, 3.63) is 53.5 Å². The number of nitrogens with one attached hydrogen (secondary N) is 1. The largest absolute Gasteiger partial charge is 0.494 e. The van der Waals surface area contributed by atoms with Crippen LogP contribution in [0.3, 0.4) is 0 Å². The molecule has 1 amide bonds. The minimum atomic E-state index is -0.485. The van der Waals surface area contributed by atoms with E-state index in [4.69, 9.17) is 14.4 Å². The number of hydrogen-bond acceptors (Lipinski definition) is 4. The number of hydrogen-bond donors (Lipinski definition) is 1. The van der Waals surface area contributed by atoms with Crippen LogP contribution in [-0.4, -0.2) is 12.5 Å². The number of benzene rings is 1. The van der Waals surface area contributed by atoms with Crippen molar-refractivity contribution in [3.8, 4) is 11.8 Å². The number of nitriles is 1. The zero-order chi connectivity index (χ0) is 15.9. The van der Waals surface area contributed by atoms with E-state index in [1.165, 1.54) is 6.08 Å². The van der Waals surface area contributed by atoms with E-state index in [1.807, 2.05) is 13.0 Å². The van der Waals surface area contributed by atoms with Gasteiger partial charge >= 0.3 is 0 Å². The molecule has 1 N–H and O–H groups in total. The number of rotatable bonds is 5. The molecule has 0 atom stereocenters. The summed E-state index contributed by atoms with van der Waals surface area (Å²) in [6.07, 6.45) is 1.41. The molecule has 0 unspecified atom stereocenters. The maximum atomic E-state index is 12.1. The van der Waals surface area contributed by atoms with Gasteiger partial charge in [-0.3, -0.25) is 4.79 Å². The molecule has 0 aliphatic carbocycles. The fourth-order valence-electron chi connectivity index (χ4n) is 1.82. The second-order valence-corrected chi connectivity index (χ2v) is 4.53. The highest BCUT2D eigenvalue weighted by Gasteiger charge is 2.10. The second kappa shape index (κ2) is 7.14. The topological polar surface area (TPSA) is 75.3 Å². The lowest BCUT2D eigenvalue weighted by molar-refractivity contribution is -0.112. The third kappa shape index (κ3) is 4.00. The maximum absolute atomic E-state index is 12.1. The van der Waals surface area contributed by atoms with Gasteiger partial charge in [-0.1, -0.05) is 0 Å². The van der Waals surface area contributed by atoms with E-state index in [0.717, 1.165) is 11.5 Å². The minimum absolute atomic E-state index is 0.0248. The molecule has 0 fully saturated rings. The molecule has 22 heavy (non-hydrogen) atoms. The van der Waals surface area contributed by atoms with Crippen LogP contribution in [0.15, 0.2) is 46.4 Å². The Labute approximate surface area is 128 Å². The number of amides is 1. The molecule has 5 nitrogen and oxygen atoms in total. The van der Waals surface area contributed by atoms with Crippen LogP contribution in [0.2, 0.25) is 0 Å². The van der Waals surface area contributed by atoms with E-state index in [-0.39, 0.29) is 5.57 Å². The number of aryl methyl sites for hydroxylation is 1. The number of furan rings is 1. The molecule has 112 valence electrons. The van der Waals surface area contributed by atoms with Gasteiger partial charge in [-0.2, -0.15) is 5.26 Å². The highest BCUT2D eigenvalue weighted by Crippen LogP contribution is 2.17. The molecule has 2 aromatic rings. The van der Waals surface area contributed by atoms with Crippen molar-refractivity contribution in [2.24, 2.45) is 0 Å². The Morgan fingerprint density at radius 3 is 2.59 bits per heavy atom. The molecule has 0 bridgehead atoms. The normalized spacial score (nSPS) is 10.9. The summed E-state index contributed by atoms with van der Waals surface area (Å²) >= 11 is 0. The van der Waals surface area contributed by atoms with Gasteiger partial charge in [-0.05, 0) is 50.2 Å². The fraction of sp³-hybridized carbons (Fsp3) is 0.176. The Kier molecular flexibility index (Phi) is 4.99. The molecule has 0 spiro atoms. The molecule has 0 saturated heterocycles. The van der Waals surface area contributed by atoms with Crippen molar-refractivity contribution in [1.29, 1.82) is 5.26 Å². The minimum Gasteiger partial charge on any atom is -0.494 e. The van der Waals surface area contributed by atoms with E-state index < -0.39 is 5.91 Å². The average molecular weight is 296 g/mol. The van der Waals surface area contributed by atoms with Crippen LogP contribution < -0.4 is 10.1 Å². The Bertz CT molecular complexity index is 721. The van der Waals surface area contributed by atoms with Crippen LogP contribution in [0.4, 0.5) is 5.69 Å². The lowest BCUT2D eigenvalue weighted by atomic mass is 10.2. The monoisotopic (exact) mass is 296 g/mol. The van der Waals surface area contributed by atoms with Gasteiger partial charge in [0.2, 0.25) is 0 Å². The van der Waals surface area contributed by atoms with Gasteiger partial charge in [0.15, 0.2) is 0 Å². The summed E-state index contributed by atoms with van der Waals surface area (Å²) < 4.78 is 10.7. The smallest absolute Gasteiger partial charge is 0.266 e. The summed E-state index contributed by atoms with van der Waals surface area (Å²) in [5.74, 6) is 1.43. The van der Waals surface area contributed by atoms with Crippen LogP contribution >= 0.6 is 0 Å². The molecular weight excluding hydrogens is 280 g/mol. The van der Waals surface area contributed by atoms with Gasteiger partial charge in [0.05, 0.1) is 6.61 Å². The predicted octanol–water partition coefficient (Wildman–Crippen LogP) is 3.53. The Hall–Kier alpha value is -3.00. The zero-order valence-corrected chi connectivity index (χ0v) is 12.4. The number of nitrogens with zero attached hydrogens (tertiary/aromatic N) is 1. The third-order valence-electron chi connectivity index (χ3n) is 2.84. The first-order chi connectivity index (χ1) is 10.6. The Balaban J connectivity index is 2.09. The van der Waals surface area contributed by atoms with Crippen LogP contribution in [0.5, 0.6) is 5.75 Å². The number of anilines is 1. The van der Waals surface area contributed by atoms with E-state index >= 15 is 0 Å². The first-order valence-corrected chi connectivity index (χ1v) is 6.85. The fourth-order valence-corrected chi connectivity index (χ4v) is 1.82. The molecule has 0 aliphatic heterocycles. The standard InChI is InChI=1S/C17H16N2O3/c1-3-21-15-8-5-14(6-9-15)19-17(20)13(11-18)10-16-7-4-12(2)22-16/h4-10H,3H2,1-2H3,(H,19,20). The summed E-state index contributed by atoms with van der Waals surface area (Å²) in [5.41, 5.74) is 0.563. The van der Waals surface area contributed by atoms with E-state index in [0.29, 0.717) is 18.1 Å². The summed E-state index contributed by atoms with van der Waals surface area (Å²) in [7, 11) is 0. The van der Waals surface area contributed by atoms with Crippen LogP contribution in [0.25, 0.3) is 6.08 Å². The van der Waals surface area contributed by atoms with E-state index in [1.54, 1.807) is 43.3 Å². The molecule has 5 heteroatoms. The highest BCUT2D eigenvalue weighted by atomic mass is 16.5. The molecule has 0 radical (unpaired) electrons. The van der Waals surface area contributed by atoms with Crippen molar-refractivity contribution < 1.29 is 13.9 Å². The molecule has 1 aromatic carbocycles. The second-order valence-electron chi connectivity index (χ2n) is 4.53. The molecule has 2 rings (SSSR count). The predicted molar refractivity (Wildman–Crippen MR) is 83.3 cm³/mol. The zero-order valence-electron chi connectivity index (χ0n) is 12.4. The molecular formula is C17H16N2O3. The van der Waals surface area contributed by atoms with Gasteiger partial charge in [0, 0.05) is 11.8 Å². The lowest BCUT2D eigenvalue weighted by Crippen LogP contribution is -2.13. The van der Waals surface area contributed by atoms with Gasteiger partial charge < -0.3 is 14.5 Å². The van der Waals surface area contributed by atoms with Crippen molar-refractivity contribution in [2.45, 2.75) is 13.8 Å². The summed E-state index contributed by atoms with van der Waals surface area (Å²) in [5, 5.41) is 11.8. The van der Waals surface area contributed by atoms with Gasteiger partial charge in [-0.15, -0.1) is 0 Å². The average Bonchev–Trinajstić information content (AvgIpc) is 2.92. The van der Waals surface area contributed by atoms with E-state index in [2.05, 4.69) is 5.32 Å². The lowest BCUT2D eigenvalue weighted by Gasteiger charge is -2.06. The summed E-state index contributed by atoms with van der Waals surface area (Å²) in [4.78, 5) is 12.1. The van der Waals surface area contributed by atoms with Crippen molar-refractivity contribution in [2.75, 3.05) is 11.9 Å². The Morgan fingerprint density at radius 2 is 2.05 bits per heavy atom. The van der Waals surface area contributed by atoms with Gasteiger partial charge in [0.25, 0.3) is 5.91 Å². The first-order valence-electron chi connectivity index (χ1n) is 6.85. The number of carbonyl (C=O) groups excluding carboxylic acids is 1. The number of carbonyl (C=O) groups is 1. The van der Waals surface area contributed by atoms with Gasteiger partial charge in [0.1, 0.15) is 28.9 Å². The van der Waals surface area contributed by atoms with Crippen molar-refractivity contribution in [1.82, 2.24) is 0 Å². The van der Waals surface area contributed by atoms with Gasteiger partial charge in [-0.25, -0.2) is 0 Å². The van der Waals surface area contributed by atoms with Crippen LogP contribution in [-0.2, 0) is 4.79 Å². The van der Waals surface area contributed by atoms with Crippen LogP contribution in [0.1, 0.15) is 18.4 Å². The van der Waals surface area contributed by atoms with Crippen molar-refractivity contribution >= 4 is 17.7 Å². The summed E-state index contributed by atoms with van der Waals surface area (Å²) in [6, 6.07) is 12.3. The van der Waals surface area contributed by atoms with Crippen molar-refractivity contribution in [3.63, 3.8) is 0 Å². The quantitative estimate of drug-likeness (QED) is 0.676. The third-order valence-corrected chi connectivity index (χ3v) is 2.84. The molecule has 0 aliphatic rings. The molecule has 1 heterocycles. The molecule has 0 saturated carbocycles. The number of ether oxygens (including phenoxy) is 1.